The topological polar surface area (TPSA) is 66.4 Å². The van der Waals surface area contributed by atoms with Gasteiger partial charge in [0.2, 0.25) is 0 Å². The number of carboxylic acid groups (broad SMARTS) is 1. The minimum absolute atomic E-state index is 0.300. The number of carboxylic acids is 1. The summed E-state index contributed by atoms with van der Waals surface area (Å²) in [4.78, 5) is 23.5. The third-order valence-corrected chi connectivity index (χ3v) is 4.29. The number of hydrogen-bond acceptors (Lipinski definition) is 2. The third kappa shape index (κ3) is 2.88. The fourth-order valence-corrected chi connectivity index (χ4v) is 3.05. The van der Waals surface area contributed by atoms with Gasteiger partial charge in [0.15, 0.2) is 0 Å². The Bertz CT molecular complexity index is 527. The van der Waals surface area contributed by atoms with E-state index in [1.54, 1.807) is 0 Å². The number of amides is 1. The van der Waals surface area contributed by atoms with Crippen molar-refractivity contribution in [2.24, 2.45) is 0 Å². The molecule has 0 saturated heterocycles. The van der Waals surface area contributed by atoms with Crippen molar-refractivity contribution in [2.45, 2.75) is 31.2 Å². The molecule has 0 radical (unpaired) electrons. The number of halogens is 2. The van der Waals surface area contributed by atoms with E-state index in [-0.39, 0.29) is 0 Å². The van der Waals surface area contributed by atoms with Crippen LogP contribution in [0.1, 0.15) is 36.0 Å². The average molecular weight is 377 g/mol. The molecule has 1 aromatic carbocycles. The van der Waals surface area contributed by atoms with Gasteiger partial charge in [-0.25, -0.2) is 9.18 Å². The minimum Gasteiger partial charge on any atom is -0.480 e. The summed E-state index contributed by atoms with van der Waals surface area (Å²) in [6.45, 7) is 0. The molecule has 1 aliphatic carbocycles. The highest BCUT2D eigenvalue weighted by atomic mass is 127. The van der Waals surface area contributed by atoms with Crippen LogP contribution < -0.4 is 5.32 Å². The van der Waals surface area contributed by atoms with Crippen molar-refractivity contribution >= 4 is 34.5 Å². The van der Waals surface area contributed by atoms with E-state index in [4.69, 9.17) is 0 Å². The second kappa shape index (κ2) is 5.44. The summed E-state index contributed by atoms with van der Waals surface area (Å²) >= 11 is 1.86. The molecule has 1 aliphatic rings. The van der Waals surface area contributed by atoms with Gasteiger partial charge in [-0.2, -0.15) is 0 Å². The van der Waals surface area contributed by atoms with Crippen molar-refractivity contribution in [1.29, 1.82) is 0 Å². The lowest BCUT2D eigenvalue weighted by atomic mass is 9.97. The van der Waals surface area contributed by atoms with E-state index in [0.717, 1.165) is 12.8 Å². The Morgan fingerprint density at radius 1 is 1.32 bits per heavy atom. The maximum atomic E-state index is 13.0. The summed E-state index contributed by atoms with van der Waals surface area (Å²) in [5, 5.41) is 11.9. The number of hydrogen-bond donors (Lipinski definition) is 2. The van der Waals surface area contributed by atoms with Crippen molar-refractivity contribution < 1.29 is 19.1 Å². The lowest BCUT2D eigenvalue weighted by molar-refractivity contribution is -0.144. The smallest absolute Gasteiger partial charge is 0.329 e. The van der Waals surface area contributed by atoms with Gasteiger partial charge in [0.25, 0.3) is 5.91 Å². The third-order valence-electron chi connectivity index (χ3n) is 3.40. The molecule has 0 aliphatic heterocycles. The van der Waals surface area contributed by atoms with Gasteiger partial charge in [-0.3, -0.25) is 4.79 Å². The SMILES string of the molecule is O=C(NC1(C(=O)O)CCCC1)c1ccc(F)cc1I. The van der Waals surface area contributed by atoms with Crippen LogP contribution in [0, 0.1) is 9.39 Å². The summed E-state index contributed by atoms with van der Waals surface area (Å²) in [6, 6.07) is 3.81. The van der Waals surface area contributed by atoms with E-state index in [2.05, 4.69) is 5.32 Å². The molecule has 0 aromatic heterocycles. The van der Waals surface area contributed by atoms with Gasteiger partial charge in [0, 0.05) is 3.57 Å². The van der Waals surface area contributed by atoms with Gasteiger partial charge >= 0.3 is 5.97 Å². The minimum atomic E-state index is -1.17. The first-order valence-electron chi connectivity index (χ1n) is 5.95. The fourth-order valence-electron chi connectivity index (χ4n) is 2.33. The number of nitrogens with one attached hydrogen (secondary N) is 1. The van der Waals surface area contributed by atoms with Gasteiger partial charge in [-0.15, -0.1) is 0 Å². The quantitative estimate of drug-likeness (QED) is 0.796. The van der Waals surface area contributed by atoms with Crippen molar-refractivity contribution in [2.75, 3.05) is 0 Å². The first-order chi connectivity index (χ1) is 8.94. The maximum Gasteiger partial charge on any atom is 0.329 e. The number of benzene rings is 1. The van der Waals surface area contributed by atoms with Crippen LogP contribution in [0.25, 0.3) is 0 Å². The van der Waals surface area contributed by atoms with Gasteiger partial charge in [-0.1, -0.05) is 12.8 Å². The molecular weight excluding hydrogens is 364 g/mol. The van der Waals surface area contributed by atoms with Gasteiger partial charge in [0.1, 0.15) is 11.4 Å². The second-order valence-corrected chi connectivity index (χ2v) is 5.83. The molecule has 0 bridgehead atoms. The summed E-state index contributed by atoms with van der Waals surface area (Å²) in [6.07, 6.45) is 2.44. The molecule has 0 unspecified atom stereocenters. The van der Waals surface area contributed by atoms with Crippen LogP contribution in [0.5, 0.6) is 0 Å². The summed E-state index contributed by atoms with van der Waals surface area (Å²) in [5.41, 5.74) is -0.872. The van der Waals surface area contributed by atoms with E-state index in [9.17, 15) is 19.1 Å². The molecule has 0 atom stereocenters. The molecule has 6 heteroatoms. The lowest BCUT2D eigenvalue weighted by Gasteiger charge is -2.25. The van der Waals surface area contributed by atoms with Gasteiger partial charge < -0.3 is 10.4 Å². The second-order valence-electron chi connectivity index (χ2n) is 4.67. The monoisotopic (exact) mass is 377 g/mol. The number of carbonyl (C=O) groups is 2. The van der Waals surface area contributed by atoms with Gasteiger partial charge in [0.05, 0.1) is 5.56 Å². The largest absolute Gasteiger partial charge is 0.480 e. The van der Waals surface area contributed by atoms with Crippen molar-refractivity contribution in [1.82, 2.24) is 5.32 Å². The Morgan fingerprint density at radius 3 is 2.47 bits per heavy atom. The Hall–Kier alpha value is -1.18. The van der Waals surface area contributed by atoms with E-state index in [1.807, 2.05) is 22.6 Å². The highest BCUT2D eigenvalue weighted by molar-refractivity contribution is 14.1. The van der Waals surface area contributed by atoms with Crippen LogP contribution in [-0.2, 0) is 4.79 Å². The van der Waals surface area contributed by atoms with Crippen LogP contribution in [0.3, 0.4) is 0 Å². The molecule has 2 N–H and O–H groups in total. The first-order valence-corrected chi connectivity index (χ1v) is 7.03. The molecule has 102 valence electrons. The van der Waals surface area contributed by atoms with Crippen LogP contribution in [0.4, 0.5) is 4.39 Å². The molecule has 1 fully saturated rings. The Labute approximate surface area is 123 Å². The Kier molecular flexibility index (Phi) is 4.07. The summed E-state index contributed by atoms with van der Waals surface area (Å²) in [7, 11) is 0. The molecule has 4 nitrogen and oxygen atoms in total. The molecular formula is C13H13FINO3. The number of aliphatic carboxylic acids is 1. The van der Waals surface area contributed by atoms with E-state index in [0.29, 0.717) is 22.0 Å². The highest BCUT2D eigenvalue weighted by Gasteiger charge is 2.42. The van der Waals surface area contributed by atoms with Crippen LogP contribution in [0.15, 0.2) is 18.2 Å². The van der Waals surface area contributed by atoms with Crippen molar-refractivity contribution in [3.63, 3.8) is 0 Å². The lowest BCUT2D eigenvalue weighted by Crippen LogP contribution is -2.52. The van der Waals surface area contributed by atoms with E-state index in [1.165, 1.54) is 18.2 Å². The van der Waals surface area contributed by atoms with E-state index >= 15 is 0 Å². The van der Waals surface area contributed by atoms with Crippen molar-refractivity contribution in [3.8, 4) is 0 Å². The van der Waals surface area contributed by atoms with Crippen LogP contribution in [0.2, 0.25) is 0 Å². The van der Waals surface area contributed by atoms with Crippen LogP contribution >= 0.6 is 22.6 Å². The zero-order valence-corrected chi connectivity index (χ0v) is 12.2. The summed E-state index contributed by atoms with van der Waals surface area (Å²) in [5.74, 6) is -1.89. The standard InChI is InChI=1S/C13H13FINO3/c14-8-3-4-9(10(15)7-8)11(17)16-13(12(18)19)5-1-2-6-13/h3-4,7H,1-2,5-6H2,(H,16,17)(H,18,19). The van der Waals surface area contributed by atoms with Crippen molar-refractivity contribution in [3.05, 3.63) is 33.1 Å². The maximum absolute atomic E-state index is 13.0. The highest BCUT2D eigenvalue weighted by Crippen LogP contribution is 2.30. The molecule has 1 aromatic rings. The molecule has 1 saturated carbocycles. The Balaban J connectivity index is 2.22. The zero-order valence-electron chi connectivity index (χ0n) is 10.1. The molecule has 2 rings (SSSR count). The fraction of sp³-hybridized carbons (Fsp3) is 0.385. The molecule has 0 spiro atoms. The van der Waals surface area contributed by atoms with Crippen LogP contribution in [-0.4, -0.2) is 22.5 Å². The first kappa shape index (κ1) is 14.2. The predicted molar refractivity (Wildman–Crippen MR) is 75.4 cm³/mol. The number of carbonyl (C=O) groups excluding carboxylic acids is 1. The summed E-state index contributed by atoms with van der Waals surface area (Å²) < 4.78 is 13.5. The Morgan fingerprint density at radius 2 is 1.95 bits per heavy atom. The molecule has 0 heterocycles. The average Bonchev–Trinajstić information content (AvgIpc) is 2.78. The van der Waals surface area contributed by atoms with Gasteiger partial charge in [-0.05, 0) is 53.6 Å². The predicted octanol–water partition coefficient (Wildman–Crippen LogP) is 2.56. The molecule has 1 amide bonds. The normalized spacial score (nSPS) is 17.2. The number of rotatable bonds is 3. The van der Waals surface area contributed by atoms with E-state index < -0.39 is 23.2 Å². The zero-order chi connectivity index (χ0) is 14.0. The molecule has 19 heavy (non-hydrogen) atoms.